The molecule has 0 aliphatic carbocycles. The fourth-order valence-electron chi connectivity index (χ4n) is 3.67. The third-order valence-corrected chi connectivity index (χ3v) is 5.45. The second kappa shape index (κ2) is 10.7. The fourth-order valence-corrected chi connectivity index (χ4v) is 3.67. The second-order valence-electron chi connectivity index (χ2n) is 7.29. The van der Waals surface area contributed by atoms with Crippen LogP contribution >= 0.6 is 12.4 Å². The van der Waals surface area contributed by atoms with Gasteiger partial charge < -0.3 is 20.1 Å². The van der Waals surface area contributed by atoms with E-state index in [2.05, 4.69) is 15.5 Å². The number of ether oxygens (including phenoxy) is 2. The van der Waals surface area contributed by atoms with Crippen molar-refractivity contribution in [2.75, 3.05) is 39.8 Å². The molecule has 7 heteroatoms. The predicted molar refractivity (Wildman–Crippen MR) is 109 cm³/mol. The van der Waals surface area contributed by atoms with Crippen molar-refractivity contribution in [2.24, 2.45) is 5.92 Å². The summed E-state index contributed by atoms with van der Waals surface area (Å²) in [5.41, 5.74) is 0. The van der Waals surface area contributed by atoms with Gasteiger partial charge in [0.1, 0.15) is 12.7 Å². The lowest BCUT2D eigenvalue weighted by molar-refractivity contribution is -0.127. The number of para-hydroxylation sites is 2. The monoisotopic (exact) mass is 397 g/mol. The van der Waals surface area contributed by atoms with Gasteiger partial charge in [0, 0.05) is 0 Å². The zero-order valence-electron chi connectivity index (χ0n) is 16.3. The third-order valence-electron chi connectivity index (χ3n) is 5.45. The van der Waals surface area contributed by atoms with Crippen LogP contribution in [0.3, 0.4) is 0 Å². The quantitative estimate of drug-likeness (QED) is 0.737. The van der Waals surface area contributed by atoms with E-state index in [4.69, 9.17) is 9.47 Å². The molecule has 1 amide bonds. The van der Waals surface area contributed by atoms with Crippen LogP contribution in [0.2, 0.25) is 0 Å². The summed E-state index contributed by atoms with van der Waals surface area (Å²) in [6, 6.07) is 7.53. The lowest BCUT2D eigenvalue weighted by Gasteiger charge is -2.35. The van der Waals surface area contributed by atoms with Crippen LogP contribution in [0.4, 0.5) is 0 Å². The molecular formula is C20H32ClN3O3. The molecule has 0 radical (unpaired) electrons. The normalized spacial score (nSPS) is 21.2. The SMILES string of the molecule is CNCCC1CCN(C(C)C(=O)NCC2COc3ccccc3O2)CC1.Cl. The van der Waals surface area contributed by atoms with E-state index in [1.54, 1.807) is 0 Å². The highest BCUT2D eigenvalue weighted by Crippen LogP contribution is 2.30. The Hall–Kier alpha value is -1.50. The largest absolute Gasteiger partial charge is 0.486 e. The van der Waals surface area contributed by atoms with Crippen molar-refractivity contribution in [1.29, 1.82) is 0 Å². The Morgan fingerprint density at radius 1 is 1.26 bits per heavy atom. The molecule has 0 aromatic heterocycles. The first kappa shape index (κ1) is 21.8. The van der Waals surface area contributed by atoms with Gasteiger partial charge in [-0.3, -0.25) is 9.69 Å². The standard InChI is InChI=1S/C20H31N3O3.ClH/c1-15(23-11-8-16(9-12-23)7-10-21-2)20(24)22-13-17-14-25-18-5-3-4-6-19(18)26-17;/h3-6,15-17,21H,7-14H2,1-2H3,(H,22,24);1H. The highest BCUT2D eigenvalue weighted by molar-refractivity contribution is 5.85. The minimum atomic E-state index is -0.145. The molecule has 0 spiro atoms. The van der Waals surface area contributed by atoms with Crippen LogP contribution in [0.25, 0.3) is 0 Å². The van der Waals surface area contributed by atoms with Gasteiger partial charge in [-0.05, 0) is 70.9 Å². The molecule has 2 N–H and O–H groups in total. The summed E-state index contributed by atoms with van der Waals surface area (Å²) >= 11 is 0. The maximum atomic E-state index is 12.5. The van der Waals surface area contributed by atoms with Crippen molar-refractivity contribution in [2.45, 2.75) is 38.3 Å². The van der Waals surface area contributed by atoms with E-state index in [9.17, 15) is 4.79 Å². The van der Waals surface area contributed by atoms with Crippen molar-refractivity contribution in [3.05, 3.63) is 24.3 Å². The lowest BCUT2D eigenvalue weighted by atomic mass is 9.93. The average molecular weight is 398 g/mol. The first-order chi connectivity index (χ1) is 12.7. The Balaban J connectivity index is 0.00000261. The van der Waals surface area contributed by atoms with E-state index < -0.39 is 0 Å². The summed E-state index contributed by atoms with van der Waals surface area (Å²) in [5, 5.41) is 6.25. The van der Waals surface area contributed by atoms with Gasteiger partial charge in [0.2, 0.25) is 5.91 Å². The minimum absolute atomic E-state index is 0. The lowest BCUT2D eigenvalue weighted by Crippen LogP contribution is -2.50. The molecule has 1 aromatic rings. The molecule has 1 fully saturated rings. The van der Waals surface area contributed by atoms with Crippen LogP contribution in [0.15, 0.2) is 24.3 Å². The number of carbonyl (C=O) groups is 1. The molecule has 2 unspecified atom stereocenters. The number of benzene rings is 1. The van der Waals surface area contributed by atoms with E-state index in [0.29, 0.717) is 13.2 Å². The number of hydrogen-bond donors (Lipinski definition) is 2. The molecule has 3 rings (SSSR count). The smallest absolute Gasteiger partial charge is 0.237 e. The maximum Gasteiger partial charge on any atom is 0.237 e. The molecule has 6 nitrogen and oxygen atoms in total. The number of piperidine rings is 1. The number of hydrogen-bond acceptors (Lipinski definition) is 5. The Bertz CT molecular complexity index is 594. The number of amides is 1. The molecule has 1 aromatic carbocycles. The Morgan fingerprint density at radius 2 is 1.96 bits per heavy atom. The first-order valence-corrected chi connectivity index (χ1v) is 9.72. The molecule has 0 saturated carbocycles. The average Bonchev–Trinajstić information content (AvgIpc) is 2.70. The van der Waals surface area contributed by atoms with Crippen molar-refractivity contribution in [3.8, 4) is 11.5 Å². The molecular weight excluding hydrogens is 366 g/mol. The Kier molecular flexibility index (Phi) is 8.67. The van der Waals surface area contributed by atoms with E-state index in [1.165, 1.54) is 19.3 Å². The summed E-state index contributed by atoms with van der Waals surface area (Å²) in [5.74, 6) is 2.36. The predicted octanol–water partition coefficient (Wildman–Crippen LogP) is 2.07. The van der Waals surface area contributed by atoms with Crippen LogP contribution in [0, 0.1) is 5.92 Å². The molecule has 0 bridgehead atoms. The molecule has 1 saturated heterocycles. The summed E-state index contributed by atoms with van der Waals surface area (Å²) < 4.78 is 11.6. The highest BCUT2D eigenvalue weighted by Gasteiger charge is 2.27. The molecule has 2 aliphatic heterocycles. The zero-order valence-corrected chi connectivity index (χ0v) is 17.1. The third kappa shape index (κ3) is 5.99. The molecule has 2 aliphatic rings. The van der Waals surface area contributed by atoms with Gasteiger partial charge in [0.15, 0.2) is 11.5 Å². The number of rotatable bonds is 7. The number of likely N-dealkylation sites (tertiary alicyclic amines) is 1. The van der Waals surface area contributed by atoms with Crippen molar-refractivity contribution < 1.29 is 14.3 Å². The van der Waals surface area contributed by atoms with Crippen LogP contribution in [0.5, 0.6) is 11.5 Å². The van der Waals surface area contributed by atoms with Gasteiger partial charge in [-0.15, -0.1) is 12.4 Å². The van der Waals surface area contributed by atoms with Gasteiger partial charge in [-0.1, -0.05) is 12.1 Å². The molecule has 27 heavy (non-hydrogen) atoms. The van der Waals surface area contributed by atoms with Gasteiger partial charge in [0.25, 0.3) is 0 Å². The van der Waals surface area contributed by atoms with Crippen molar-refractivity contribution in [1.82, 2.24) is 15.5 Å². The van der Waals surface area contributed by atoms with Gasteiger partial charge in [0.05, 0.1) is 12.6 Å². The van der Waals surface area contributed by atoms with E-state index in [0.717, 1.165) is 37.1 Å². The van der Waals surface area contributed by atoms with Gasteiger partial charge in [-0.25, -0.2) is 0 Å². The number of carbonyl (C=O) groups excluding carboxylic acids is 1. The summed E-state index contributed by atoms with van der Waals surface area (Å²) in [6.07, 6.45) is 3.44. The summed E-state index contributed by atoms with van der Waals surface area (Å²) in [4.78, 5) is 14.8. The van der Waals surface area contributed by atoms with Crippen molar-refractivity contribution >= 4 is 18.3 Å². The van der Waals surface area contributed by atoms with Crippen LogP contribution in [-0.2, 0) is 4.79 Å². The van der Waals surface area contributed by atoms with Crippen LogP contribution in [0.1, 0.15) is 26.2 Å². The summed E-state index contributed by atoms with van der Waals surface area (Å²) in [6.45, 7) is 6.00. The Morgan fingerprint density at radius 3 is 2.67 bits per heavy atom. The second-order valence-corrected chi connectivity index (χ2v) is 7.29. The minimum Gasteiger partial charge on any atom is -0.486 e. The van der Waals surface area contributed by atoms with E-state index in [1.807, 2.05) is 38.2 Å². The maximum absolute atomic E-state index is 12.5. The summed E-state index contributed by atoms with van der Waals surface area (Å²) in [7, 11) is 2.00. The highest BCUT2D eigenvalue weighted by atomic mass is 35.5. The van der Waals surface area contributed by atoms with Crippen LogP contribution in [-0.4, -0.2) is 62.8 Å². The number of nitrogens with zero attached hydrogens (tertiary/aromatic N) is 1. The Labute approximate surface area is 168 Å². The molecule has 2 atom stereocenters. The fraction of sp³-hybridized carbons (Fsp3) is 0.650. The topological polar surface area (TPSA) is 62.8 Å². The van der Waals surface area contributed by atoms with Gasteiger partial charge >= 0.3 is 0 Å². The number of halogens is 1. The number of fused-ring (bicyclic) bond motifs is 1. The van der Waals surface area contributed by atoms with Gasteiger partial charge in [-0.2, -0.15) is 0 Å². The molecule has 2 heterocycles. The number of nitrogens with one attached hydrogen (secondary N) is 2. The van der Waals surface area contributed by atoms with Crippen LogP contribution < -0.4 is 20.1 Å². The first-order valence-electron chi connectivity index (χ1n) is 9.72. The van der Waals surface area contributed by atoms with Crippen molar-refractivity contribution in [3.63, 3.8) is 0 Å². The van der Waals surface area contributed by atoms with E-state index in [-0.39, 0.29) is 30.5 Å². The zero-order chi connectivity index (χ0) is 18.4. The molecule has 152 valence electrons. The van der Waals surface area contributed by atoms with E-state index >= 15 is 0 Å².